The molecule has 3 rings (SSSR count). The molecule has 1 aromatic carbocycles. The number of rotatable bonds is 4. The van der Waals surface area contributed by atoms with Gasteiger partial charge in [0.05, 0.1) is 30.9 Å². The molecule has 24 heavy (non-hydrogen) atoms. The second kappa shape index (κ2) is 7.65. The third-order valence-electron chi connectivity index (χ3n) is 4.87. The average Bonchev–Trinajstić information content (AvgIpc) is 3.05. The van der Waals surface area contributed by atoms with Crippen molar-refractivity contribution >= 4 is 5.91 Å². The molecule has 0 bridgehead atoms. The molecule has 1 N–H and O–H groups in total. The molecule has 1 saturated heterocycles. The van der Waals surface area contributed by atoms with Crippen molar-refractivity contribution in [1.29, 1.82) is 5.26 Å². The van der Waals surface area contributed by atoms with E-state index in [1.807, 2.05) is 0 Å². The van der Waals surface area contributed by atoms with Gasteiger partial charge in [0.2, 0.25) is 0 Å². The van der Waals surface area contributed by atoms with Crippen LogP contribution in [0.25, 0.3) is 0 Å². The molecule has 2 fully saturated rings. The van der Waals surface area contributed by atoms with E-state index in [4.69, 9.17) is 14.7 Å². The van der Waals surface area contributed by atoms with Crippen LogP contribution in [0.5, 0.6) is 5.75 Å². The van der Waals surface area contributed by atoms with Gasteiger partial charge in [-0.1, -0.05) is 18.6 Å². The van der Waals surface area contributed by atoms with Crippen LogP contribution in [-0.4, -0.2) is 54.4 Å². The summed E-state index contributed by atoms with van der Waals surface area (Å²) in [5, 5.41) is 19.2. The van der Waals surface area contributed by atoms with Crippen molar-refractivity contribution in [2.45, 2.75) is 31.4 Å². The number of nitrogens with zero attached hydrogens (tertiary/aromatic N) is 2. The van der Waals surface area contributed by atoms with Crippen molar-refractivity contribution < 1.29 is 19.4 Å². The minimum Gasteiger partial charge on any atom is -0.482 e. The third-order valence-corrected chi connectivity index (χ3v) is 4.87. The van der Waals surface area contributed by atoms with E-state index in [2.05, 4.69) is 6.07 Å². The number of aliphatic hydroxyl groups excluding tert-OH is 1. The van der Waals surface area contributed by atoms with E-state index in [0.717, 1.165) is 19.3 Å². The number of amides is 1. The summed E-state index contributed by atoms with van der Waals surface area (Å²) >= 11 is 0. The molecule has 6 heteroatoms. The molecule has 1 saturated carbocycles. The monoisotopic (exact) mass is 330 g/mol. The molecule has 1 aliphatic heterocycles. The second-order valence-electron chi connectivity index (χ2n) is 6.29. The van der Waals surface area contributed by atoms with Crippen LogP contribution in [-0.2, 0) is 9.53 Å². The number of carbonyl (C=O) groups excluding carboxylic acids is 1. The van der Waals surface area contributed by atoms with Crippen LogP contribution >= 0.6 is 0 Å². The lowest BCUT2D eigenvalue weighted by molar-refractivity contribution is -0.146. The van der Waals surface area contributed by atoms with Crippen molar-refractivity contribution in [3.8, 4) is 11.8 Å². The molecular formula is C18H22N2O4. The number of hydrogen-bond acceptors (Lipinski definition) is 5. The average molecular weight is 330 g/mol. The van der Waals surface area contributed by atoms with Crippen molar-refractivity contribution in [3.05, 3.63) is 29.8 Å². The van der Waals surface area contributed by atoms with Gasteiger partial charge in [-0.3, -0.25) is 4.79 Å². The predicted octanol–water partition coefficient (Wildman–Crippen LogP) is 1.33. The van der Waals surface area contributed by atoms with Crippen LogP contribution in [0.15, 0.2) is 24.3 Å². The first-order valence-corrected chi connectivity index (χ1v) is 8.38. The number of aliphatic hydroxyl groups is 1. The smallest absolute Gasteiger partial charge is 0.260 e. The molecule has 3 atom stereocenters. The van der Waals surface area contributed by atoms with Crippen LogP contribution in [0.1, 0.15) is 24.8 Å². The van der Waals surface area contributed by atoms with Crippen LogP contribution in [0, 0.1) is 17.2 Å². The van der Waals surface area contributed by atoms with Crippen molar-refractivity contribution in [3.63, 3.8) is 0 Å². The summed E-state index contributed by atoms with van der Waals surface area (Å²) in [5.41, 5.74) is 0.412. The number of morpholine rings is 1. The number of nitriles is 1. The molecule has 0 unspecified atom stereocenters. The Balaban J connectivity index is 1.65. The summed E-state index contributed by atoms with van der Waals surface area (Å²) < 4.78 is 11.1. The summed E-state index contributed by atoms with van der Waals surface area (Å²) in [5.74, 6) is 0.356. The van der Waals surface area contributed by atoms with Gasteiger partial charge < -0.3 is 19.5 Å². The SMILES string of the molecule is N#Cc1ccccc1OCC(=O)N1CCOC[C@@H]1[C@H]1CCC[C@H]1O. The number of ether oxygens (including phenoxy) is 2. The molecule has 2 aliphatic rings. The van der Waals surface area contributed by atoms with Gasteiger partial charge >= 0.3 is 0 Å². The molecule has 1 heterocycles. The Labute approximate surface area is 141 Å². The van der Waals surface area contributed by atoms with Crippen molar-refractivity contribution in [1.82, 2.24) is 4.90 Å². The van der Waals surface area contributed by atoms with E-state index in [9.17, 15) is 9.90 Å². The van der Waals surface area contributed by atoms with Gasteiger partial charge in [0.1, 0.15) is 11.8 Å². The first-order valence-electron chi connectivity index (χ1n) is 8.38. The highest BCUT2D eigenvalue weighted by Crippen LogP contribution is 2.32. The fourth-order valence-electron chi connectivity index (χ4n) is 3.61. The Morgan fingerprint density at radius 1 is 1.42 bits per heavy atom. The van der Waals surface area contributed by atoms with Crippen molar-refractivity contribution in [2.24, 2.45) is 5.92 Å². The van der Waals surface area contributed by atoms with Crippen molar-refractivity contribution in [2.75, 3.05) is 26.4 Å². The van der Waals surface area contributed by atoms with Gasteiger partial charge in [-0.2, -0.15) is 5.26 Å². The summed E-state index contributed by atoms with van der Waals surface area (Å²) in [6.45, 7) is 1.36. The summed E-state index contributed by atoms with van der Waals surface area (Å²) in [6.07, 6.45) is 2.31. The highest BCUT2D eigenvalue weighted by atomic mass is 16.5. The Hall–Kier alpha value is -2.10. The quantitative estimate of drug-likeness (QED) is 0.900. The first kappa shape index (κ1) is 16.7. The van der Waals surface area contributed by atoms with E-state index in [0.29, 0.717) is 31.1 Å². The Bertz CT molecular complexity index is 628. The zero-order chi connectivity index (χ0) is 16.9. The minimum absolute atomic E-state index is 0.0700. The topological polar surface area (TPSA) is 82.8 Å². The lowest BCUT2D eigenvalue weighted by Crippen LogP contribution is -2.54. The Morgan fingerprint density at radius 2 is 2.25 bits per heavy atom. The standard InChI is InChI=1S/C18H22N2O4/c19-10-13-4-1-2-7-17(13)24-12-18(22)20-8-9-23-11-15(20)14-5-3-6-16(14)21/h1-2,4,7,14-16,21H,3,5-6,8-9,11-12H2/t14-,15-,16-/m1/s1. The van der Waals surface area contributed by atoms with E-state index in [1.54, 1.807) is 29.2 Å². The molecule has 1 aliphatic carbocycles. The molecule has 1 amide bonds. The van der Waals surface area contributed by atoms with Crippen LogP contribution in [0.3, 0.4) is 0 Å². The maximum absolute atomic E-state index is 12.6. The fraction of sp³-hybridized carbons (Fsp3) is 0.556. The van der Waals surface area contributed by atoms with Crippen LogP contribution < -0.4 is 4.74 Å². The van der Waals surface area contributed by atoms with Gasteiger partial charge in [0, 0.05) is 12.5 Å². The van der Waals surface area contributed by atoms with Gasteiger partial charge in [-0.25, -0.2) is 0 Å². The lowest BCUT2D eigenvalue weighted by Gasteiger charge is -2.40. The Morgan fingerprint density at radius 3 is 3.00 bits per heavy atom. The predicted molar refractivity (Wildman–Crippen MR) is 86.3 cm³/mol. The molecular weight excluding hydrogens is 308 g/mol. The molecule has 6 nitrogen and oxygen atoms in total. The van der Waals surface area contributed by atoms with E-state index in [1.165, 1.54) is 0 Å². The van der Waals surface area contributed by atoms with E-state index >= 15 is 0 Å². The van der Waals surface area contributed by atoms with Gasteiger partial charge in [0.15, 0.2) is 6.61 Å². The van der Waals surface area contributed by atoms with Gasteiger partial charge in [-0.15, -0.1) is 0 Å². The normalized spacial score (nSPS) is 26.8. The number of benzene rings is 1. The summed E-state index contributed by atoms with van der Waals surface area (Å²) in [6, 6.07) is 8.83. The molecule has 128 valence electrons. The second-order valence-corrected chi connectivity index (χ2v) is 6.29. The number of hydrogen-bond donors (Lipinski definition) is 1. The maximum atomic E-state index is 12.6. The highest BCUT2D eigenvalue weighted by molar-refractivity contribution is 5.78. The minimum atomic E-state index is -0.368. The number of carbonyl (C=O) groups is 1. The molecule has 0 radical (unpaired) electrons. The Kier molecular flexibility index (Phi) is 5.34. The van der Waals surface area contributed by atoms with E-state index in [-0.39, 0.29) is 30.6 Å². The maximum Gasteiger partial charge on any atom is 0.260 e. The van der Waals surface area contributed by atoms with Crippen LogP contribution in [0.2, 0.25) is 0 Å². The van der Waals surface area contributed by atoms with E-state index < -0.39 is 0 Å². The summed E-state index contributed by atoms with van der Waals surface area (Å²) in [7, 11) is 0. The first-order chi connectivity index (χ1) is 11.7. The largest absolute Gasteiger partial charge is 0.482 e. The molecule has 1 aromatic rings. The number of para-hydroxylation sites is 1. The summed E-state index contributed by atoms with van der Waals surface area (Å²) in [4.78, 5) is 14.4. The highest BCUT2D eigenvalue weighted by Gasteiger charge is 2.39. The zero-order valence-electron chi connectivity index (χ0n) is 13.6. The molecule has 0 spiro atoms. The lowest BCUT2D eigenvalue weighted by atomic mass is 9.94. The molecule has 0 aromatic heterocycles. The fourth-order valence-corrected chi connectivity index (χ4v) is 3.61. The van der Waals surface area contributed by atoms with Gasteiger partial charge in [0.25, 0.3) is 5.91 Å². The zero-order valence-corrected chi connectivity index (χ0v) is 13.6. The third kappa shape index (κ3) is 3.53. The van der Waals surface area contributed by atoms with Crippen LogP contribution in [0.4, 0.5) is 0 Å². The van der Waals surface area contributed by atoms with Gasteiger partial charge in [-0.05, 0) is 25.0 Å².